The van der Waals surface area contributed by atoms with Gasteiger partial charge in [0.25, 0.3) is 5.91 Å². The first-order valence-electron chi connectivity index (χ1n) is 6.29. The van der Waals surface area contributed by atoms with Crippen molar-refractivity contribution in [2.75, 3.05) is 5.32 Å². The third-order valence-electron chi connectivity index (χ3n) is 2.84. The monoisotopic (exact) mass is 409 g/mol. The van der Waals surface area contributed by atoms with Crippen LogP contribution in [0.4, 0.5) is 10.4 Å². The van der Waals surface area contributed by atoms with Crippen LogP contribution in [0, 0.1) is 9.39 Å². The second-order valence-corrected chi connectivity index (χ2v) is 5.52. The van der Waals surface area contributed by atoms with Crippen LogP contribution in [0.15, 0.2) is 52.9 Å². The fourth-order valence-electron chi connectivity index (χ4n) is 1.82. The van der Waals surface area contributed by atoms with Gasteiger partial charge in [0.05, 0.1) is 5.56 Å². The standard InChI is InChI=1S/C15H9FIN3O2/c16-10-5-3-4-9(8-10)14-19-20-15(22-14)18-13(21)11-6-1-2-7-12(11)17/h1-8H,(H,18,20,21). The Hall–Kier alpha value is -2.29. The number of carbonyl (C=O) groups excluding carboxylic acids is 1. The number of benzene rings is 2. The molecule has 0 spiro atoms. The zero-order chi connectivity index (χ0) is 15.5. The van der Waals surface area contributed by atoms with E-state index in [1.807, 2.05) is 12.1 Å². The van der Waals surface area contributed by atoms with E-state index in [9.17, 15) is 9.18 Å². The molecule has 1 aromatic heterocycles. The summed E-state index contributed by atoms with van der Waals surface area (Å²) < 4.78 is 19.3. The van der Waals surface area contributed by atoms with Crippen LogP contribution in [-0.4, -0.2) is 16.1 Å². The minimum atomic E-state index is -0.403. The summed E-state index contributed by atoms with van der Waals surface area (Å²) in [6, 6.07) is 12.9. The molecular weight excluding hydrogens is 400 g/mol. The van der Waals surface area contributed by atoms with E-state index in [4.69, 9.17) is 4.42 Å². The molecule has 0 aliphatic heterocycles. The normalized spacial score (nSPS) is 10.5. The zero-order valence-corrected chi connectivity index (χ0v) is 13.2. The van der Waals surface area contributed by atoms with Crippen molar-refractivity contribution in [3.8, 4) is 11.5 Å². The SMILES string of the molecule is O=C(Nc1nnc(-c2cccc(F)c2)o1)c1ccccc1I. The number of halogens is 2. The first-order chi connectivity index (χ1) is 10.6. The molecule has 1 N–H and O–H groups in total. The molecule has 5 nitrogen and oxygen atoms in total. The number of nitrogens with zero attached hydrogens (tertiary/aromatic N) is 2. The molecule has 0 radical (unpaired) electrons. The second kappa shape index (κ2) is 6.22. The Morgan fingerprint density at radius 2 is 1.95 bits per heavy atom. The van der Waals surface area contributed by atoms with E-state index in [2.05, 4.69) is 38.1 Å². The van der Waals surface area contributed by atoms with Crippen molar-refractivity contribution in [2.45, 2.75) is 0 Å². The molecule has 1 heterocycles. The van der Waals surface area contributed by atoms with Gasteiger partial charge in [-0.2, -0.15) is 0 Å². The summed E-state index contributed by atoms with van der Waals surface area (Å²) in [6.45, 7) is 0. The van der Waals surface area contributed by atoms with Crippen molar-refractivity contribution in [3.63, 3.8) is 0 Å². The van der Waals surface area contributed by atoms with Gasteiger partial charge in [-0.3, -0.25) is 10.1 Å². The lowest BCUT2D eigenvalue weighted by Crippen LogP contribution is -2.13. The number of amides is 1. The van der Waals surface area contributed by atoms with Crippen LogP contribution >= 0.6 is 22.6 Å². The molecule has 3 rings (SSSR count). The van der Waals surface area contributed by atoms with Gasteiger partial charge < -0.3 is 4.42 Å². The number of hydrogen-bond acceptors (Lipinski definition) is 4. The maximum atomic E-state index is 13.2. The van der Waals surface area contributed by atoms with E-state index in [1.54, 1.807) is 24.3 Å². The smallest absolute Gasteiger partial charge is 0.322 e. The van der Waals surface area contributed by atoms with E-state index in [0.717, 1.165) is 3.57 Å². The van der Waals surface area contributed by atoms with Crippen LogP contribution in [0.2, 0.25) is 0 Å². The van der Waals surface area contributed by atoms with E-state index >= 15 is 0 Å². The average Bonchev–Trinajstić information content (AvgIpc) is 2.96. The number of rotatable bonds is 3. The van der Waals surface area contributed by atoms with Crippen molar-refractivity contribution in [2.24, 2.45) is 0 Å². The topological polar surface area (TPSA) is 68.0 Å². The Balaban J connectivity index is 1.80. The molecule has 3 aromatic rings. The van der Waals surface area contributed by atoms with Gasteiger partial charge >= 0.3 is 6.01 Å². The summed E-state index contributed by atoms with van der Waals surface area (Å²) in [5, 5.41) is 10.1. The van der Waals surface area contributed by atoms with Gasteiger partial charge in [0.1, 0.15) is 5.82 Å². The van der Waals surface area contributed by atoms with Crippen LogP contribution in [0.25, 0.3) is 11.5 Å². The van der Waals surface area contributed by atoms with Crippen LogP contribution < -0.4 is 5.32 Å². The Morgan fingerprint density at radius 1 is 1.14 bits per heavy atom. The van der Waals surface area contributed by atoms with Crippen LogP contribution in [0.5, 0.6) is 0 Å². The highest BCUT2D eigenvalue weighted by atomic mass is 127. The molecule has 7 heteroatoms. The molecule has 110 valence electrons. The van der Waals surface area contributed by atoms with E-state index < -0.39 is 5.82 Å². The molecule has 2 aromatic carbocycles. The minimum Gasteiger partial charge on any atom is -0.403 e. The number of hydrogen-bond donors (Lipinski definition) is 1. The van der Waals surface area contributed by atoms with Crippen molar-refractivity contribution in [1.29, 1.82) is 0 Å². The van der Waals surface area contributed by atoms with Crippen molar-refractivity contribution >= 4 is 34.5 Å². The molecule has 1 amide bonds. The van der Waals surface area contributed by atoms with Gasteiger partial charge in [-0.1, -0.05) is 23.3 Å². The van der Waals surface area contributed by atoms with Crippen molar-refractivity contribution < 1.29 is 13.6 Å². The summed E-state index contributed by atoms with van der Waals surface area (Å²) >= 11 is 2.07. The van der Waals surface area contributed by atoms with Crippen molar-refractivity contribution in [1.82, 2.24) is 10.2 Å². The van der Waals surface area contributed by atoms with E-state index in [1.165, 1.54) is 12.1 Å². The number of aromatic nitrogens is 2. The fraction of sp³-hybridized carbons (Fsp3) is 0. The first-order valence-corrected chi connectivity index (χ1v) is 7.37. The predicted molar refractivity (Wildman–Crippen MR) is 86.8 cm³/mol. The van der Waals surface area contributed by atoms with Crippen LogP contribution in [0.1, 0.15) is 10.4 Å². The highest BCUT2D eigenvalue weighted by molar-refractivity contribution is 14.1. The summed E-state index contributed by atoms with van der Waals surface area (Å²) in [5.74, 6) is -0.614. The van der Waals surface area contributed by atoms with Gasteiger partial charge in [-0.25, -0.2) is 4.39 Å². The lowest BCUT2D eigenvalue weighted by atomic mass is 10.2. The molecule has 0 bridgehead atoms. The van der Waals surface area contributed by atoms with E-state index in [0.29, 0.717) is 11.1 Å². The number of anilines is 1. The minimum absolute atomic E-state index is 0.0380. The third kappa shape index (κ3) is 3.14. The maximum absolute atomic E-state index is 13.2. The lowest BCUT2D eigenvalue weighted by Gasteiger charge is -2.02. The average molecular weight is 409 g/mol. The van der Waals surface area contributed by atoms with Crippen LogP contribution in [0.3, 0.4) is 0 Å². The Bertz CT molecular complexity index is 835. The molecular formula is C15H9FIN3O2. The molecule has 0 aliphatic carbocycles. The summed E-state index contributed by atoms with van der Waals surface area (Å²) in [5.41, 5.74) is 0.955. The Morgan fingerprint density at radius 3 is 2.73 bits per heavy atom. The zero-order valence-electron chi connectivity index (χ0n) is 11.1. The van der Waals surface area contributed by atoms with Gasteiger partial charge in [0.2, 0.25) is 5.89 Å². The van der Waals surface area contributed by atoms with Crippen LogP contribution in [-0.2, 0) is 0 Å². The molecule has 0 aliphatic rings. The van der Waals surface area contributed by atoms with Gasteiger partial charge in [0.15, 0.2) is 0 Å². The molecule has 0 atom stereocenters. The highest BCUT2D eigenvalue weighted by Crippen LogP contribution is 2.21. The van der Waals surface area contributed by atoms with Gasteiger partial charge in [-0.15, -0.1) is 5.10 Å². The number of nitrogens with one attached hydrogen (secondary N) is 1. The third-order valence-corrected chi connectivity index (χ3v) is 3.78. The van der Waals surface area contributed by atoms with E-state index in [-0.39, 0.29) is 17.8 Å². The largest absolute Gasteiger partial charge is 0.403 e. The Kier molecular flexibility index (Phi) is 4.14. The molecule has 22 heavy (non-hydrogen) atoms. The maximum Gasteiger partial charge on any atom is 0.322 e. The summed E-state index contributed by atoms with van der Waals surface area (Å²) in [6.07, 6.45) is 0. The molecule has 0 unspecified atom stereocenters. The molecule has 0 saturated carbocycles. The molecule has 0 saturated heterocycles. The Labute approximate surface area is 138 Å². The fourth-order valence-corrected chi connectivity index (χ4v) is 2.45. The summed E-state index contributed by atoms with van der Waals surface area (Å²) in [4.78, 5) is 12.1. The van der Waals surface area contributed by atoms with Gasteiger partial charge in [-0.05, 0) is 52.9 Å². The quantitative estimate of drug-likeness (QED) is 0.670. The highest BCUT2D eigenvalue weighted by Gasteiger charge is 2.14. The second-order valence-electron chi connectivity index (χ2n) is 4.36. The molecule has 0 fully saturated rings. The lowest BCUT2D eigenvalue weighted by molar-refractivity contribution is 0.102. The van der Waals surface area contributed by atoms with Gasteiger partial charge in [0, 0.05) is 9.13 Å². The first kappa shape index (κ1) is 14.6. The van der Waals surface area contributed by atoms with Crippen molar-refractivity contribution in [3.05, 3.63) is 63.5 Å². The summed E-state index contributed by atoms with van der Waals surface area (Å²) in [7, 11) is 0. The predicted octanol–water partition coefficient (Wildman–Crippen LogP) is 3.73. The number of carbonyl (C=O) groups is 1.